The smallest absolute Gasteiger partial charge is 0.0542 e. The van der Waals surface area contributed by atoms with E-state index >= 15 is 0 Å². The molecule has 13 aromatic rings. The van der Waals surface area contributed by atoms with Crippen LogP contribution in [0.1, 0.15) is 18.4 Å². The van der Waals surface area contributed by atoms with Crippen LogP contribution >= 0.6 is 0 Å². The minimum Gasteiger partial charge on any atom is -0.310 e. The number of para-hydroxylation sites is 4. The number of benzene rings is 11. The predicted octanol–water partition coefficient (Wildman–Crippen LogP) is 19.9. The summed E-state index contributed by atoms with van der Waals surface area (Å²) in [5, 5.41) is 4.88. The zero-order valence-corrected chi connectivity index (χ0v) is 41.9. The molecule has 0 amide bonds. The van der Waals surface area contributed by atoms with Crippen molar-refractivity contribution in [2.45, 2.75) is 12.8 Å². The monoisotopic (exact) mass is 972 g/mol. The first-order chi connectivity index (χ1) is 37.7. The molecular weight excluding hydrogens is 921 g/mol. The molecule has 1 aliphatic rings. The highest BCUT2D eigenvalue weighted by molar-refractivity contribution is 6.12. The van der Waals surface area contributed by atoms with Crippen molar-refractivity contribution in [1.82, 2.24) is 9.13 Å². The summed E-state index contributed by atoms with van der Waals surface area (Å²) in [4.78, 5) is 4.78. The molecule has 2 heterocycles. The summed E-state index contributed by atoms with van der Waals surface area (Å²) in [6, 6.07) is 99.5. The van der Waals surface area contributed by atoms with Gasteiger partial charge in [0.15, 0.2) is 0 Å². The van der Waals surface area contributed by atoms with Gasteiger partial charge in [-0.3, -0.25) is 0 Å². The standard InChI is InChI=1S/C72H52N4/c1-5-17-51(18-6-1)53-29-37-59(38-30-53)73(63-45-47-71-67(49-63)65-25-13-15-27-69(65)75(71)57-21-9-3-10-22-57)61-41-33-55(34-42-61)56-35-43-62(44-36-56)74(60-39-31-54(32-40-60)52-19-7-2-8-20-52)64-46-48-72-68(50-64)66-26-14-16-28-70(66)76(72)58-23-11-4-12-24-58/h1-7,9-19,21-50H,8,20H2. The van der Waals surface area contributed by atoms with E-state index in [2.05, 4.69) is 310 Å². The molecule has 1 aliphatic carbocycles. The molecule has 360 valence electrons. The number of nitrogens with zero attached hydrogens (tertiary/aromatic N) is 4. The Labute approximate surface area is 443 Å². The highest BCUT2D eigenvalue weighted by atomic mass is 15.1. The second-order valence-corrected chi connectivity index (χ2v) is 19.7. The number of hydrogen-bond donors (Lipinski definition) is 0. The molecule has 0 saturated heterocycles. The van der Waals surface area contributed by atoms with Gasteiger partial charge in [0.1, 0.15) is 0 Å². The van der Waals surface area contributed by atoms with Gasteiger partial charge in [0.05, 0.1) is 22.1 Å². The van der Waals surface area contributed by atoms with Crippen molar-refractivity contribution in [2.75, 3.05) is 9.80 Å². The summed E-state index contributed by atoms with van der Waals surface area (Å²) < 4.78 is 4.76. The summed E-state index contributed by atoms with van der Waals surface area (Å²) in [6.45, 7) is 0. The summed E-state index contributed by atoms with van der Waals surface area (Å²) in [7, 11) is 0. The zero-order chi connectivity index (χ0) is 50.4. The number of rotatable bonds is 11. The number of fused-ring (bicyclic) bond motifs is 6. The van der Waals surface area contributed by atoms with Crippen LogP contribution in [0.5, 0.6) is 0 Å². The summed E-state index contributed by atoms with van der Waals surface area (Å²) in [6.07, 6.45) is 8.82. The maximum Gasteiger partial charge on any atom is 0.0542 e. The molecule has 76 heavy (non-hydrogen) atoms. The Morgan fingerprint density at radius 1 is 0.276 bits per heavy atom. The van der Waals surface area contributed by atoms with Crippen molar-refractivity contribution < 1.29 is 0 Å². The molecule has 4 nitrogen and oxygen atoms in total. The van der Waals surface area contributed by atoms with E-state index in [1.807, 2.05) is 0 Å². The number of hydrogen-bond acceptors (Lipinski definition) is 2. The lowest BCUT2D eigenvalue weighted by Gasteiger charge is -2.27. The lowest BCUT2D eigenvalue weighted by atomic mass is 9.97. The predicted molar refractivity (Wildman–Crippen MR) is 322 cm³/mol. The van der Waals surface area contributed by atoms with Gasteiger partial charge in [-0.1, -0.05) is 170 Å². The maximum absolute atomic E-state index is 2.40. The summed E-state index contributed by atoms with van der Waals surface area (Å²) in [5.74, 6) is 0. The van der Waals surface area contributed by atoms with Crippen molar-refractivity contribution >= 4 is 83.3 Å². The molecular formula is C72H52N4. The third kappa shape index (κ3) is 8.05. The van der Waals surface area contributed by atoms with E-state index in [4.69, 9.17) is 0 Å². The second kappa shape index (κ2) is 19.2. The molecule has 0 saturated carbocycles. The van der Waals surface area contributed by atoms with Crippen LogP contribution in [0.2, 0.25) is 0 Å². The molecule has 14 rings (SSSR count). The third-order valence-corrected chi connectivity index (χ3v) is 15.2. The average molecular weight is 973 g/mol. The highest BCUT2D eigenvalue weighted by Crippen LogP contribution is 2.43. The molecule has 0 aliphatic heterocycles. The molecule has 0 atom stereocenters. The van der Waals surface area contributed by atoms with Gasteiger partial charge in [-0.2, -0.15) is 0 Å². The highest BCUT2D eigenvalue weighted by Gasteiger charge is 2.21. The van der Waals surface area contributed by atoms with Gasteiger partial charge >= 0.3 is 0 Å². The SMILES string of the molecule is C1=CCCC(c2ccc(N(c3ccc(-c4ccc(N(c5ccc(-c6ccccc6)cc5)c5ccc6c(c5)c5ccccc5n6-c5ccccc5)cc4)cc3)c3ccc4c(c3)c3ccccc3n4-c3ccccc3)cc2)=C1. The Kier molecular flexibility index (Phi) is 11.3. The van der Waals surface area contributed by atoms with Crippen LogP contribution in [0.15, 0.2) is 291 Å². The van der Waals surface area contributed by atoms with Crippen molar-refractivity contribution in [3.63, 3.8) is 0 Å². The minimum absolute atomic E-state index is 1.06. The Hall–Kier alpha value is -9.90. The molecule has 0 unspecified atom stereocenters. The van der Waals surface area contributed by atoms with Gasteiger partial charge in [0.2, 0.25) is 0 Å². The van der Waals surface area contributed by atoms with Crippen LogP contribution in [0.4, 0.5) is 34.1 Å². The third-order valence-electron chi connectivity index (χ3n) is 15.2. The summed E-state index contributed by atoms with van der Waals surface area (Å²) in [5.41, 5.74) is 20.9. The van der Waals surface area contributed by atoms with E-state index < -0.39 is 0 Å². The first-order valence-corrected chi connectivity index (χ1v) is 26.3. The average Bonchev–Trinajstić information content (AvgIpc) is 4.02. The van der Waals surface area contributed by atoms with Crippen LogP contribution < -0.4 is 9.80 Å². The molecule has 0 N–H and O–H groups in total. The molecule has 0 bridgehead atoms. The van der Waals surface area contributed by atoms with Crippen LogP contribution in [-0.4, -0.2) is 9.13 Å². The fraction of sp³-hybridized carbons (Fsp3) is 0.0278. The van der Waals surface area contributed by atoms with Gasteiger partial charge in [-0.15, -0.1) is 0 Å². The van der Waals surface area contributed by atoms with E-state index in [1.165, 1.54) is 65.9 Å². The molecule has 0 fully saturated rings. The first-order valence-electron chi connectivity index (χ1n) is 26.3. The van der Waals surface area contributed by atoms with E-state index in [1.54, 1.807) is 0 Å². The van der Waals surface area contributed by atoms with Gasteiger partial charge in [0.25, 0.3) is 0 Å². The molecule has 4 heteroatoms. The fourth-order valence-corrected chi connectivity index (χ4v) is 11.5. The van der Waals surface area contributed by atoms with E-state index in [0.717, 1.165) is 69.5 Å². The molecule has 0 spiro atoms. The van der Waals surface area contributed by atoms with Gasteiger partial charge < -0.3 is 18.9 Å². The quantitative estimate of drug-likeness (QED) is 0.128. The van der Waals surface area contributed by atoms with Crippen molar-refractivity contribution in [3.05, 3.63) is 297 Å². The van der Waals surface area contributed by atoms with E-state index in [0.29, 0.717) is 0 Å². The van der Waals surface area contributed by atoms with Crippen molar-refractivity contribution in [1.29, 1.82) is 0 Å². The van der Waals surface area contributed by atoms with E-state index in [-0.39, 0.29) is 0 Å². The van der Waals surface area contributed by atoms with Crippen LogP contribution in [0.3, 0.4) is 0 Å². The van der Waals surface area contributed by atoms with Gasteiger partial charge in [-0.25, -0.2) is 0 Å². The Morgan fingerprint density at radius 3 is 1.03 bits per heavy atom. The van der Waals surface area contributed by atoms with Crippen LogP contribution in [-0.2, 0) is 0 Å². The normalized spacial score (nSPS) is 12.4. The van der Waals surface area contributed by atoms with Crippen LogP contribution in [0.25, 0.3) is 82.8 Å². The largest absolute Gasteiger partial charge is 0.310 e. The summed E-state index contributed by atoms with van der Waals surface area (Å²) >= 11 is 0. The van der Waals surface area contributed by atoms with Crippen LogP contribution in [0, 0.1) is 0 Å². The Morgan fingerprint density at radius 2 is 0.618 bits per heavy atom. The number of aromatic nitrogens is 2. The lowest BCUT2D eigenvalue weighted by molar-refractivity contribution is 1.05. The minimum atomic E-state index is 1.06. The van der Waals surface area contributed by atoms with Crippen molar-refractivity contribution in [2.24, 2.45) is 0 Å². The molecule has 11 aromatic carbocycles. The fourth-order valence-electron chi connectivity index (χ4n) is 11.5. The lowest BCUT2D eigenvalue weighted by Crippen LogP contribution is -2.10. The molecule has 0 radical (unpaired) electrons. The Balaban J connectivity index is 0.840. The second-order valence-electron chi connectivity index (χ2n) is 19.7. The topological polar surface area (TPSA) is 16.3 Å². The van der Waals surface area contributed by atoms with Gasteiger partial charge in [0, 0.05) is 67.0 Å². The maximum atomic E-state index is 2.40. The van der Waals surface area contributed by atoms with E-state index in [9.17, 15) is 0 Å². The van der Waals surface area contributed by atoms with Crippen molar-refractivity contribution in [3.8, 4) is 33.6 Å². The van der Waals surface area contributed by atoms with Gasteiger partial charge in [-0.05, 0) is 168 Å². The number of anilines is 6. The first kappa shape index (κ1) is 44.8. The Bertz CT molecular complexity index is 4280. The number of allylic oxidation sites excluding steroid dienone is 4. The molecule has 2 aromatic heterocycles. The zero-order valence-electron chi connectivity index (χ0n) is 41.9.